The summed E-state index contributed by atoms with van der Waals surface area (Å²) in [6, 6.07) is 0. The van der Waals surface area contributed by atoms with Crippen molar-refractivity contribution in [1.29, 1.82) is 0 Å². The van der Waals surface area contributed by atoms with Gasteiger partial charge in [-0.15, -0.1) is 0 Å². The van der Waals surface area contributed by atoms with E-state index in [1.807, 2.05) is 0 Å². The van der Waals surface area contributed by atoms with Gasteiger partial charge in [0.25, 0.3) is 0 Å². The van der Waals surface area contributed by atoms with Crippen molar-refractivity contribution in [3.63, 3.8) is 0 Å². The number of ether oxygens (including phenoxy) is 1. The molecule has 0 aliphatic carbocycles. The number of guanidine groups is 1. The van der Waals surface area contributed by atoms with Crippen LogP contribution in [0.1, 0.15) is 19.8 Å². The Morgan fingerprint density at radius 3 is 3.08 bits per heavy atom. The Bertz CT molecular complexity index is 162. The van der Waals surface area contributed by atoms with Gasteiger partial charge in [-0.05, 0) is 12.8 Å². The van der Waals surface area contributed by atoms with E-state index in [0.717, 1.165) is 45.7 Å². The van der Waals surface area contributed by atoms with Gasteiger partial charge in [0.1, 0.15) is 0 Å². The standard InChI is InChI=1S/C9H19N3O/c1-2-4-11-9(10)12-5-3-7-13-8-6-12/h2-8H2,1H3,(H2,10,11). The second kappa shape index (κ2) is 5.80. The molecule has 0 bridgehead atoms. The highest BCUT2D eigenvalue weighted by atomic mass is 16.5. The molecule has 13 heavy (non-hydrogen) atoms. The number of aliphatic imine (C=N–C) groups is 1. The van der Waals surface area contributed by atoms with Gasteiger partial charge in [-0.25, -0.2) is 0 Å². The number of nitrogens with zero attached hydrogens (tertiary/aromatic N) is 2. The van der Waals surface area contributed by atoms with Gasteiger partial charge in [-0.1, -0.05) is 6.92 Å². The van der Waals surface area contributed by atoms with E-state index < -0.39 is 0 Å². The zero-order valence-electron chi connectivity index (χ0n) is 8.33. The minimum atomic E-state index is 0.673. The molecular weight excluding hydrogens is 166 g/mol. The monoisotopic (exact) mass is 185 g/mol. The van der Waals surface area contributed by atoms with Crippen molar-refractivity contribution in [2.75, 3.05) is 32.8 Å². The van der Waals surface area contributed by atoms with Gasteiger partial charge in [0.05, 0.1) is 6.61 Å². The fraction of sp³-hybridized carbons (Fsp3) is 0.889. The lowest BCUT2D eigenvalue weighted by atomic mass is 10.4. The van der Waals surface area contributed by atoms with Crippen LogP contribution in [-0.4, -0.2) is 43.7 Å². The Hall–Kier alpha value is -0.770. The van der Waals surface area contributed by atoms with Gasteiger partial charge in [-0.3, -0.25) is 4.99 Å². The molecule has 2 N–H and O–H groups in total. The maximum absolute atomic E-state index is 5.82. The van der Waals surface area contributed by atoms with Crippen LogP contribution in [0.2, 0.25) is 0 Å². The SMILES string of the molecule is CCCN=C(N)N1CCCOCC1. The third-order valence-corrected chi connectivity index (χ3v) is 2.04. The van der Waals surface area contributed by atoms with Crippen molar-refractivity contribution >= 4 is 5.96 Å². The zero-order valence-corrected chi connectivity index (χ0v) is 8.33. The Morgan fingerprint density at radius 2 is 2.31 bits per heavy atom. The van der Waals surface area contributed by atoms with Gasteiger partial charge in [0, 0.05) is 26.2 Å². The summed E-state index contributed by atoms with van der Waals surface area (Å²) in [5.74, 6) is 0.673. The summed E-state index contributed by atoms with van der Waals surface area (Å²) in [5.41, 5.74) is 5.82. The van der Waals surface area contributed by atoms with Crippen molar-refractivity contribution in [2.45, 2.75) is 19.8 Å². The average molecular weight is 185 g/mol. The minimum Gasteiger partial charge on any atom is -0.380 e. The molecule has 76 valence electrons. The van der Waals surface area contributed by atoms with Crippen molar-refractivity contribution in [1.82, 2.24) is 4.90 Å². The normalized spacial score (nSPS) is 20.1. The molecule has 1 aliphatic rings. The second-order valence-electron chi connectivity index (χ2n) is 3.19. The van der Waals surface area contributed by atoms with Gasteiger partial charge in [0.15, 0.2) is 5.96 Å². The minimum absolute atomic E-state index is 0.673. The fourth-order valence-corrected chi connectivity index (χ4v) is 1.30. The van der Waals surface area contributed by atoms with E-state index in [9.17, 15) is 0 Å². The highest BCUT2D eigenvalue weighted by molar-refractivity contribution is 5.78. The molecule has 0 saturated carbocycles. The predicted molar refractivity (Wildman–Crippen MR) is 53.8 cm³/mol. The summed E-state index contributed by atoms with van der Waals surface area (Å²) in [7, 11) is 0. The molecule has 0 aromatic carbocycles. The Morgan fingerprint density at radius 1 is 1.46 bits per heavy atom. The predicted octanol–water partition coefficient (Wildman–Crippen LogP) is 0.433. The molecule has 0 spiro atoms. The molecule has 0 amide bonds. The van der Waals surface area contributed by atoms with Crippen LogP contribution in [0.4, 0.5) is 0 Å². The highest BCUT2D eigenvalue weighted by Gasteiger charge is 2.10. The maximum atomic E-state index is 5.82. The topological polar surface area (TPSA) is 50.8 Å². The van der Waals surface area contributed by atoms with Crippen molar-refractivity contribution in [2.24, 2.45) is 10.7 Å². The average Bonchev–Trinajstić information content (AvgIpc) is 2.42. The molecule has 1 aliphatic heterocycles. The highest BCUT2D eigenvalue weighted by Crippen LogP contribution is 1.98. The Labute approximate surface area is 79.8 Å². The van der Waals surface area contributed by atoms with Crippen LogP contribution < -0.4 is 5.73 Å². The smallest absolute Gasteiger partial charge is 0.191 e. The lowest BCUT2D eigenvalue weighted by molar-refractivity contribution is 0.147. The molecule has 4 heteroatoms. The van der Waals surface area contributed by atoms with E-state index in [1.54, 1.807) is 0 Å². The first-order valence-corrected chi connectivity index (χ1v) is 4.97. The van der Waals surface area contributed by atoms with Gasteiger partial charge < -0.3 is 15.4 Å². The van der Waals surface area contributed by atoms with Crippen LogP contribution in [0, 0.1) is 0 Å². The molecule has 1 fully saturated rings. The van der Waals surface area contributed by atoms with Gasteiger partial charge >= 0.3 is 0 Å². The van der Waals surface area contributed by atoms with Crippen LogP contribution in [0.25, 0.3) is 0 Å². The molecule has 0 atom stereocenters. The molecule has 1 saturated heterocycles. The van der Waals surface area contributed by atoms with Crippen LogP contribution >= 0.6 is 0 Å². The van der Waals surface area contributed by atoms with E-state index in [4.69, 9.17) is 10.5 Å². The van der Waals surface area contributed by atoms with Crippen LogP contribution in [-0.2, 0) is 4.74 Å². The zero-order chi connectivity index (χ0) is 9.52. The van der Waals surface area contributed by atoms with Gasteiger partial charge in [-0.2, -0.15) is 0 Å². The van der Waals surface area contributed by atoms with E-state index in [2.05, 4.69) is 16.8 Å². The maximum Gasteiger partial charge on any atom is 0.191 e. The van der Waals surface area contributed by atoms with Crippen molar-refractivity contribution in [3.8, 4) is 0 Å². The number of hydrogen-bond donors (Lipinski definition) is 1. The van der Waals surface area contributed by atoms with Crippen LogP contribution in [0.5, 0.6) is 0 Å². The number of rotatable bonds is 2. The Balaban J connectivity index is 2.38. The fourth-order valence-electron chi connectivity index (χ4n) is 1.30. The lowest BCUT2D eigenvalue weighted by Gasteiger charge is -2.20. The summed E-state index contributed by atoms with van der Waals surface area (Å²) < 4.78 is 5.33. The van der Waals surface area contributed by atoms with Crippen molar-refractivity contribution < 1.29 is 4.74 Å². The number of hydrogen-bond acceptors (Lipinski definition) is 2. The summed E-state index contributed by atoms with van der Waals surface area (Å²) in [5, 5.41) is 0. The molecule has 0 unspecified atom stereocenters. The first kappa shape index (κ1) is 10.3. The number of nitrogens with two attached hydrogens (primary N) is 1. The van der Waals surface area contributed by atoms with Crippen LogP contribution in [0.3, 0.4) is 0 Å². The third kappa shape index (κ3) is 3.63. The van der Waals surface area contributed by atoms with Crippen molar-refractivity contribution in [3.05, 3.63) is 0 Å². The Kier molecular flexibility index (Phi) is 4.60. The summed E-state index contributed by atoms with van der Waals surface area (Å²) >= 11 is 0. The molecule has 1 rings (SSSR count). The van der Waals surface area contributed by atoms with E-state index >= 15 is 0 Å². The summed E-state index contributed by atoms with van der Waals surface area (Å²) in [6.45, 7) is 6.38. The summed E-state index contributed by atoms with van der Waals surface area (Å²) in [6.07, 6.45) is 2.09. The van der Waals surface area contributed by atoms with E-state index in [1.165, 1.54) is 0 Å². The largest absolute Gasteiger partial charge is 0.380 e. The second-order valence-corrected chi connectivity index (χ2v) is 3.19. The third-order valence-electron chi connectivity index (χ3n) is 2.04. The molecule has 1 heterocycles. The van der Waals surface area contributed by atoms with E-state index in [-0.39, 0.29) is 0 Å². The molecular formula is C9H19N3O. The lowest BCUT2D eigenvalue weighted by Crippen LogP contribution is -2.39. The quantitative estimate of drug-likeness (QED) is 0.501. The van der Waals surface area contributed by atoms with Gasteiger partial charge in [0.2, 0.25) is 0 Å². The first-order valence-electron chi connectivity index (χ1n) is 4.97. The molecule has 4 nitrogen and oxygen atoms in total. The molecule has 0 aromatic heterocycles. The molecule has 0 radical (unpaired) electrons. The van der Waals surface area contributed by atoms with E-state index in [0.29, 0.717) is 5.96 Å². The first-order chi connectivity index (χ1) is 6.34. The molecule has 0 aromatic rings. The summed E-state index contributed by atoms with van der Waals surface area (Å²) in [4.78, 5) is 6.37. The van der Waals surface area contributed by atoms with Crippen LogP contribution in [0.15, 0.2) is 4.99 Å².